The first kappa shape index (κ1) is 15.5. The third-order valence-corrected chi connectivity index (χ3v) is 4.04. The Balaban J connectivity index is 2.14. The molecule has 0 heterocycles. The van der Waals surface area contributed by atoms with Crippen molar-refractivity contribution in [1.82, 2.24) is 5.32 Å². The van der Waals surface area contributed by atoms with Crippen LogP contribution in [0.2, 0.25) is 0 Å². The second-order valence-electron chi connectivity index (χ2n) is 5.67. The summed E-state index contributed by atoms with van der Waals surface area (Å²) in [6, 6.07) is 3.28. The van der Waals surface area contributed by atoms with E-state index in [2.05, 4.69) is 5.32 Å². The first-order valence-corrected chi connectivity index (χ1v) is 7.29. The Bertz CT molecular complexity index is 538. The van der Waals surface area contributed by atoms with Gasteiger partial charge in [-0.15, -0.1) is 0 Å². The molecular weight excluding hydrogens is 273 g/mol. The fraction of sp³-hybridized carbons (Fsp3) is 0.500. The molecule has 2 rings (SSSR count). The maximum absolute atomic E-state index is 13.7. The van der Waals surface area contributed by atoms with Crippen molar-refractivity contribution in [1.29, 1.82) is 0 Å². The first-order chi connectivity index (χ1) is 9.99. The lowest BCUT2D eigenvalue weighted by molar-refractivity contribution is -0.141. The molecule has 5 heteroatoms. The van der Waals surface area contributed by atoms with Crippen molar-refractivity contribution in [2.24, 2.45) is 5.92 Å². The van der Waals surface area contributed by atoms with E-state index >= 15 is 0 Å². The first-order valence-electron chi connectivity index (χ1n) is 7.29. The highest BCUT2D eigenvalue weighted by molar-refractivity contribution is 5.97. The van der Waals surface area contributed by atoms with Crippen LogP contribution in [0.4, 0.5) is 4.39 Å². The molecule has 1 aliphatic carbocycles. The van der Waals surface area contributed by atoms with Crippen LogP contribution in [-0.4, -0.2) is 23.0 Å². The number of aryl methyl sites for hydroxylation is 1. The molecule has 0 radical (unpaired) electrons. The van der Waals surface area contributed by atoms with E-state index < -0.39 is 23.7 Å². The number of carbonyl (C=O) groups is 2. The van der Waals surface area contributed by atoms with Gasteiger partial charge in [0.1, 0.15) is 11.9 Å². The zero-order chi connectivity index (χ0) is 15.4. The molecule has 0 spiro atoms. The number of benzene rings is 1. The van der Waals surface area contributed by atoms with Crippen molar-refractivity contribution < 1.29 is 19.1 Å². The van der Waals surface area contributed by atoms with E-state index in [1.54, 1.807) is 13.0 Å². The summed E-state index contributed by atoms with van der Waals surface area (Å²) in [5.41, 5.74) is 0.656. The minimum Gasteiger partial charge on any atom is -0.480 e. The van der Waals surface area contributed by atoms with Crippen LogP contribution < -0.4 is 5.32 Å². The molecule has 0 aromatic heterocycles. The Morgan fingerprint density at radius 1 is 1.29 bits per heavy atom. The molecular formula is C16H20FNO3. The van der Waals surface area contributed by atoms with E-state index in [1.165, 1.54) is 12.1 Å². The minimum absolute atomic E-state index is 0.0759. The summed E-state index contributed by atoms with van der Waals surface area (Å²) in [6.45, 7) is 1.76. The Hall–Kier alpha value is -1.91. The van der Waals surface area contributed by atoms with Gasteiger partial charge in [-0.05, 0) is 37.8 Å². The van der Waals surface area contributed by atoms with Gasteiger partial charge >= 0.3 is 5.97 Å². The van der Waals surface area contributed by atoms with E-state index in [9.17, 15) is 19.1 Å². The summed E-state index contributed by atoms with van der Waals surface area (Å²) in [5.74, 6) is -2.42. The molecule has 2 N–H and O–H groups in total. The number of aliphatic carboxylic acids is 1. The van der Waals surface area contributed by atoms with E-state index in [1.807, 2.05) is 0 Å². The van der Waals surface area contributed by atoms with Gasteiger partial charge in [0.15, 0.2) is 0 Å². The Kier molecular flexibility index (Phi) is 4.94. The number of hydrogen-bond donors (Lipinski definition) is 2. The van der Waals surface area contributed by atoms with Crippen LogP contribution in [0.15, 0.2) is 18.2 Å². The van der Waals surface area contributed by atoms with Crippen molar-refractivity contribution in [2.45, 2.75) is 45.1 Å². The van der Waals surface area contributed by atoms with Gasteiger partial charge in [0.2, 0.25) is 0 Å². The number of carboxylic acid groups (broad SMARTS) is 1. The lowest BCUT2D eigenvalue weighted by atomic mass is 9.84. The Morgan fingerprint density at radius 3 is 2.57 bits per heavy atom. The number of rotatable bonds is 4. The van der Waals surface area contributed by atoms with E-state index in [4.69, 9.17) is 0 Å². The second-order valence-corrected chi connectivity index (χ2v) is 5.67. The third kappa shape index (κ3) is 3.80. The molecule has 1 unspecified atom stereocenters. The quantitative estimate of drug-likeness (QED) is 0.897. The normalized spacial score (nSPS) is 17.2. The summed E-state index contributed by atoms with van der Waals surface area (Å²) in [7, 11) is 0. The molecule has 1 atom stereocenters. The average Bonchev–Trinajstić information content (AvgIpc) is 2.47. The van der Waals surface area contributed by atoms with Crippen molar-refractivity contribution in [3.63, 3.8) is 0 Å². The van der Waals surface area contributed by atoms with Crippen LogP contribution in [0.3, 0.4) is 0 Å². The van der Waals surface area contributed by atoms with Gasteiger partial charge in [-0.2, -0.15) is 0 Å². The monoisotopic (exact) mass is 293 g/mol. The predicted molar refractivity (Wildman–Crippen MR) is 76.6 cm³/mol. The van der Waals surface area contributed by atoms with Crippen LogP contribution >= 0.6 is 0 Å². The molecule has 1 aromatic rings. The number of hydrogen-bond acceptors (Lipinski definition) is 2. The third-order valence-electron chi connectivity index (χ3n) is 4.04. The van der Waals surface area contributed by atoms with Crippen LogP contribution in [0, 0.1) is 18.7 Å². The van der Waals surface area contributed by atoms with Crippen molar-refractivity contribution in [3.05, 3.63) is 35.1 Å². The molecule has 1 saturated carbocycles. The number of halogens is 1. The fourth-order valence-electron chi connectivity index (χ4n) is 2.88. The molecule has 0 bridgehead atoms. The standard InChI is InChI=1S/C16H20FNO3/c1-10-7-8-13(17)12(9-10)15(19)18-14(16(20)21)11-5-3-2-4-6-11/h7-9,11,14H,2-6H2,1H3,(H,18,19)(H,20,21). The topological polar surface area (TPSA) is 66.4 Å². The van der Waals surface area contributed by atoms with Gasteiger partial charge in [-0.3, -0.25) is 4.79 Å². The van der Waals surface area contributed by atoms with E-state index in [0.717, 1.165) is 37.7 Å². The van der Waals surface area contributed by atoms with Crippen LogP contribution in [0.25, 0.3) is 0 Å². The molecule has 0 aliphatic heterocycles. The Labute approximate surface area is 123 Å². The molecule has 114 valence electrons. The summed E-state index contributed by atoms with van der Waals surface area (Å²) in [6.07, 6.45) is 4.62. The minimum atomic E-state index is -1.05. The highest BCUT2D eigenvalue weighted by Crippen LogP contribution is 2.27. The number of carbonyl (C=O) groups excluding carboxylic acids is 1. The largest absolute Gasteiger partial charge is 0.480 e. The fourth-order valence-corrected chi connectivity index (χ4v) is 2.88. The summed E-state index contributed by atoms with van der Waals surface area (Å²) in [5, 5.41) is 11.8. The van der Waals surface area contributed by atoms with Gasteiger partial charge in [-0.1, -0.05) is 30.9 Å². The van der Waals surface area contributed by atoms with Gasteiger partial charge in [0, 0.05) is 0 Å². The van der Waals surface area contributed by atoms with Gasteiger partial charge in [-0.25, -0.2) is 9.18 Å². The van der Waals surface area contributed by atoms with Crippen LogP contribution in [-0.2, 0) is 4.79 Å². The zero-order valence-electron chi connectivity index (χ0n) is 12.1. The molecule has 4 nitrogen and oxygen atoms in total. The summed E-state index contributed by atoms with van der Waals surface area (Å²) in [4.78, 5) is 23.6. The van der Waals surface area contributed by atoms with Gasteiger partial charge in [0.05, 0.1) is 5.56 Å². The molecule has 1 fully saturated rings. The molecule has 0 saturated heterocycles. The average molecular weight is 293 g/mol. The molecule has 21 heavy (non-hydrogen) atoms. The van der Waals surface area contributed by atoms with Gasteiger partial charge in [0.25, 0.3) is 5.91 Å². The van der Waals surface area contributed by atoms with Crippen molar-refractivity contribution >= 4 is 11.9 Å². The molecule has 1 amide bonds. The van der Waals surface area contributed by atoms with Crippen molar-refractivity contribution in [3.8, 4) is 0 Å². The van der Waals surface area contributed by atoms with Crippen LogP contribution in [0.5, 0.6) is 0 Å². The number of carboxylic acids is 1. The maximum Gasteiger partial charge on any atom is 0.326 e. The smallest absolute Gasteiger partial charge is 0.326 e. The predicted octanol–water partition coefficient (Wildman–Crippen LogP) is 2.90. The summed E-state index contributed by atoms with van der Waals surface area (Å²) >= 11 is 0. The Morgan fingerprint density at radius 2 is 1.95 bits per heavy atom. The lowest BCUT2D eigenvalue weighted by Crippen LogP contribution is -2.46. The van der Waals surface area contributed by atoms with E-state index in [-0.39, 0.29) is 11.5 Å². The SMILES string of the molecule is Cc1ccc(F)c(C(=O)NC(C(=O)O)C2CCCCC2)c1. The highest BCUT2D eigenvalue weighted by Gasteiger charge is 2.31. The summed E-state index contributed by atoms with van der Waals surface area (Å²) < 4.78 is 13.7. The van der Waals surface area contributed by atoms with Crippen LogP contribution in [0.1, 0.15) is 48.0 Å². The molecule has 1 aliphatic rings. The molecule has 1 aromatic carbocycles. The lowest BCUT2D eigenvalue weighted by Gasteiger charge is -2.28. The van der Waals surface area contributed by atoms with Crippen molar-refractivity contribution in [2.75, 3.05) is 0 Å². The number of amides is 1. The zero-order valence-corrected chi connectivity index (χ0v) is 12.1. The number of nitrogens with one attached hydrogen (secondary N) is 1. The van der Waals surface area contributed by atoms with Gasteiger partial charge < -0.3 is 10.4 Å². The maximum atomic E-state index is 13.7. The van der Waals surface area contributed by atoms with E-state index in [0.29, 0.717) is 0 Å². The second kappa shape index (κ2) is 6.70. The highest BCUT2D eigenvalue weighted by atomic mass is 19.1.